The van der Waals surface area contributed by atoms with Crippen molar-refractivity contribution in [2.45, 2.75) is 33.2 Å². The van der Waals surface area contributed by atoms with E-state index in [1.807, 2.05) is 24.3 Å². The lowest BCUT2D eigenvalue weighted by atomic mass is 10.1. The number of aliphatic imine (C=N–C) groups is 1. The van der Waals surface area contributed by atoms with Crippen molar-refractivity contribution in [2.24, 2.45) is 10.9 Å². The first-order valence-electron chi connectivity index (χ1n) is 7.76. The molecule has 0 bridgehead atoms. The molecule has 0 heterocycles. The van der Waals surface area contributed by atoms with Crippen LogP contribution in [-0.4, -0.2) is 38.5 Å². The molecule has 0 aromatic heterocycles. The van der Waals surface area contributed by atoms with Crippen molar-refractivity contribution in [3.8, 4) is 0 Å². The molecule has 0 aliphatic carbocycles. The molecule has 1 unspecified atom stereocenters. The largest absolute Gasteiger partial charge is 0.356 e. The summed E-state index contributed by atoms with van der Waals surface area (Å²) in [5.41, 5.74) is 1.82. The molecule has 0 saturated heterocycles. The van der Waals surface area contributed by atoms with E-state index in [-0.39, 0.29) is 29.9 Å². The van der Waals surface area contributed by atoms with Crippen molar-refractivity contribution in [1.82, 2.24) is 16.0 Å². The number of carbonyl (C=O) groups is 1. The third kappa shape index (κ3) is 7.67. The molecule has 0 aliphatic heterocycles. The van der Waals surface area contributed by atoms with Gasteiger partial charge in [0.2, 0.25) is 0 Å². The van der Waals surface area contributed by atoms with Crippen LogP contribution in [0.3, 0.4) is 0 Å². The number of amides is 1. The van der Waals surface area contributed by atoms with Crippen LogP contribution in [0.2, 0.25) is 0 Å². The van der Waals surface area contributed by atoms with Crippen LogP contribution in [0.5, 0.6) is 0 Å². The van der Waals surface area contributed by atoms with E-state index in [9.17, 15) is 4.79 Å². The van der Waals surface area contributed by atoms with Crippen molar-refractivity contribution in [3.63, 3.8) is 0 Å². The minimum atomic E-state index is -0.0574. The summed E-state index contributed by atoms with van der Waals surface area (Å²) in [5, 5.41) is 9.31. The summed E-state index contributed by atoms with van der Waals surface area (Å²) >= 11 is 0. The van der Waals surface area contributed by atoms with Gasteiger partial charge in [-0.2, -0.15) is 0 Å². The van der Waals surface area contributed by atoms with Gasteiger partial charge < -0.3 is 16.0 Å². The molecule has 0 aliphatic rings. The first-order valence-corrected chi connectivity index (χ1v) is 7.76. The highest BCUT2D eigenvalue weighted by Crippen LogP contribution is 2.05. The monoisotopic (exact) mass is 432 g/mol. The second-order valence-electron chi connectivity index (χ2n) is 5.71. The van der Waals surface area contributed by atoms with Gasteiger partial charge in [-0.05, 0) is 37.0 Å². The minimum Gasteiger partial charge on any atom is -0.356 e. The maximum Gasteiger partial charge on any atom is 0.251 e. The lowest BCUT2D eigenvalue weighted by molar-refractivity contribution is 0.0963. The Balaban J connectivity index is 0.00000484. The van der Waals surface area contributed by atoms with Crippen LogP contribution in [0.4, 0.5) is 0 Å². The number of benzene rings is 1. The Labute approximate surface area is 156 Å². The average Bonchev–Trinajstić information content (AvgIpc) is 2.53. The summed E-state index contributed by atoms with van der Waals surface area (Å²) in [6.45, 7) is 7.26. The molecule has 5 nitrogen and oxygen atoms in total. The average molecular weight is 432 g/mol. The van der Waals surface area contributed by atoms with E-state index in [1.54, 1.807) is 14.1 Å². The zero-order valence-electron chi connectivity index (χ0n) is 14.6. The molecule has 0 spiro atoms. The number of carbonyl (C=O) groups excluding carboxylic acids is 1. The van der Waals surface area contributed by atoms with Gasteiger partial charge in [0, 0.05) is 32.2 Å². The van der Waals surface area contributed by atoms with E-state index in [0.717, 1.165) is 24.5 Å². The van der Waals surface area contributed by atoms with Crippen LogP contribution in [0.25, 0.3) is 0 Å². The van der Waals surface area contributed by atoms with Crippen molar-refractivity contribution in [2.75, 3.05) is 20.6 Å². The van der Waals surface area contributed by atoms with Gasteiger partial charge in [-0.3, -0.25) is 9.79 Å². The predicted molar refractivity (Wildman–Crippen MR) is 108 cm³/mol. The van der Waals surface area contributed by atoms with Crippen LogP contribution in [0, 0.1) is 5.92 Å². The second-order valence-corrected chi connectivity index (χ2v) is 5.71. The third-order valence-corrected chi connectivity index (χ3v) is 3.71. The van der Waals surface area contributed by atoms with Crippen LogP contribution in [-0.2, 0) is 6.42 Å². The van der Waals surface area contributed by atoms with E-state index in [2.05, 4.69) is 41.7 Å². The van der Waals surface area contributed by atoms with E-state index >= 15 is 0 Å². The van der Waals surface area contributed by atoms with Gasteiger partial charge in [-0.1, -0.05) is 26.0 Å². The minimum absolute atomic E-state index is 0. The van der Waals surface area contributed by atoms with Crippen molar-refractivity contribution in [3.05, 3.63) is 35.4 Å². The molecule has 1 aromatic carbocycles. The summed E-state index contributed by atoms with van der Waals surface area (Å²) in [7, 11) is 3.41. The van der Waals surface area contributed by atoms with Gasteiger partial charge in [-0.25, -0.2) is 0 Å². The molecule has 130 valence electrons. The molecular weight excluding hydrogens is 403 g/mol. The number of hydrogen-bond donors (Lipinski definition) is 3. The van der Waals surface area contributed by atoms with Gasteiger partial charge in [0.15, 0.2) is 5.96 Å². The van der Waals surface area contributed by atoms with Crippen molar-refractivity contribution in [1.29, 1.82) is 0 Å². The number of rotatable bonds is 6. The zero-order chi connectivity index (χ0) is 16.5. The molecular formula is C17H29IN4O. The maximum absolute atomic E-state index is 11.6. The molecule has 6 heteroatoms. The topological polar surface area (TPSA) is 65.5 Å². The molecule has 0 saturated carbocycles. The number of halogens is 1. The van der Waals surface area contributed by atoms with E-state index in [0.29, 0.717) is 17.5 Å². The van der Waals surface area contributed by atoms with E-state index < -0.39 is 0 Å². The van der Waals surface area contributed by atoms with Gasteiger partial charge in [0.25, 0.3) is 5.91 Å². The molecule has 3 N–H and O–H groups in total. The van der Waals surface area contributed by atoms with E-state index in [4.69, 9.17) is 0 Å². The Bertz CT molecular complexity index is 517. The first kappa shape index (κ1) is 21.7. The quantitative estimate of drug-likeness (QED) is 0.368. The summed E-state index contributed by atoms with van der Waals surface area (Å²) in [6, 6.07) is 8.05. The third-order valence-electron chi connectivity index (χ3n) is 3.71. The summed E-state index contributed by atoms with van der Waals surface area (Å²) in [4.78, 5) is 15.9. The highest BCUT2D eigenvalue weighted by molar-refractivity contribution is 14.0. The summed E-state index contributed by atoms with van der Waals surface area (Å²) in [6.07, 6.45) is 0.835. The van der Waals surface area contributed by atoms with Gasteiger partial charge in [-0.15, -0.1) is 24.0 Å². The number of guanidine groups is 1. The zero-order valence-corrected chi connectivity index (χ0v) is 17.0. The Kier molecular flexibility index (Phi) is 10.6. The summed E-state index contributed by atoms with van der Waals surface area (Å²) < 4.78 is 0. The Morgan fingerprint density at radius 3 is 2.52 bits per heavy atom. The fourth-order valence-electron chi connectivity index (χ4n) is 1.91. The molecule has 1 rings (SSSR count). The molecule has 1 atom stereocenters. The van der Waals surface area contributed by atoms with Gasteiger partial charge >= 0.3 is 0 Å². The first-order chi connectivity index (χ1) is 10.5. The fraction of sp³-hybridized carbons (Fsp3) is 0.529. The smallest absolute Gasteiger partial charge is 0.251 e. The lowest BCUT2D eigenvalue weighted by Crippen LogP contribution is -2.44. The fourth-order valence-corrected chi connectivity index (χ4v) is 1.91. The van der Waals surface area contributed by atoms with Crippen molar-refractivity contribution >= 4 is 35.8 Å². The molecule has 23 heavy (non-hydrogen) atoms. The standard InChI is InChI=1S/C17H28N4O.HI/c1-12(2)13(3)21-17(19-5)20-10-9-14-7-6-8-15(11-14)16(22)18-4;/h6-8,11-13H,9-10H2,1-5H3,(H,18,22)(H2,19,20,21);1H. The Morgan fingerprint density at radius 2 is 1.96 bits per heavy atom. The predicted octanol–water partition coefficient (Wildman–Crippen LogP) is 2.42. The molecule has 1 amide bonds. The Morgan fingerprint density at radius 1 is 1.26 bits per heavy atom. The van der Waals surface area contributed by atoms with Crippen LogP contribution in [0.15, 0.2) is 29.3 Å². The van der Waals surface area contributed by atoms with Crippen LogP contribution >= 0.6 is 24.0 Å². The molecule has 0 fully saturated rings. The van der Waals surface area contributed by atoms with Crippen LogP contribution in [0.1, 0.15) is 36.7 Å². The van der Waals surface area contributed by atoms with Crippen LogP contribution < -0.4 is 16.0 Å². The SMILES string of the molecule is CN=C(NCCc1cccc(C(=O)NC)c1)NC(C)C(C)C.I. The lowest BCUT2D eigenvalue weighted by Gasteiger charge is -2.20. The normalized spacial score (nSPS) is 12.3. The van der Waals surface area contributed by atoms with Gasteiger partial charge in [0.05, 0.1) is 0 Å². The van der Waals surface area contributed by atoms with Crippen molar-refractivity contribution < 1.29 is 4.79 Å². The number of nitrogens with one attached hydrogen (secondary N) is 3. The number of nitrogens with zero attached hydrogens (tertiary/aromatic N) is 1. The second kappa shape index (κ2) is 11.3. The summed E-state index contributed by atoms with van der Waals surface area (Å²) in [5.74, 6) is 1.30. The maximum atomic E-state index is 11.6. The molecule has 1 aromatic rings. The van der Waals surface area contributed by atoms with E-state index in [1.165, 1.54) is 0 Å². The van der Waals surface area contributed by atoms with Gasteiger partial charge in [0.1, 0.15) is 0 Å². The highest BCUT2D eigenvalue weighted by Gasteiger charge is 2.08. The number of hydrogen-bond acceptors (Lipinski definition) is 2. The highest BCUT2D eigenvalue weighted by atomic mass is 127. The molecule has 0 radical (unpaired) electrons. The Hall–Kier alpha value is -1.31.